The van der Waals surface area contributed by atoms with Crippen LogP contribution in [0, 0.1) is 6.92 Å². The van der Waals surface area contributed by atoms with E-state index in [2.05, 4.69) is 15.1 Å². The van der Waals surface area contributed by atoms with Gasteiger partial charge in [-0.15, -0.1) is 10.2 Å². The van der Waals surface area contributed by atoms with Crippen molar-refractivity contribution in [3.63, 3.8) is 0 Å². The van der Waals surface area contributed by atoms with Gasteiger partial charge in [0.15, 0.2) is 6.61 Å². The highest BCUT2D eigenvalue weighted by Crippen LogP contribution is 2.36. The third-order valence-electron chi connectivity index (χ3n) is 5.67. The Morgan fingerprint density at radius 2 is 1.79 bits per heavy atom. The molecule has 1 aliphatic carbocycles. The van der Waals surface area contributed by atoms with Gasteiger partial charge in [-0.3, -0.25) is 4.79 Å². The maximum atomic E-state index is 12.4. The summed E-state index contributed by atoms with van der Waals surface area (Å²) >= 11 is 1.74. The average molecular weight is 401 g/mol. The van der Waals surface area contributed by atoms with Gasteiger partial charge in [0.2, 0.25) is 5.13 Å². The molecular weight excluding hydrogens is 372 g/mol. The molecule has 2 fully saturated rings. The number of rotatable bonds is 5. The van der Waals surface area contributed by atoms with Gasteiger partial charge in [0.1, 0.15) is 10.8 Å². The fraction of sp³-hybridized carbons (Fsp3) is 0.571. The third-order valence-corrected chi connectivity index (χ3v) is 6.82. The lowest BCUT2D eigenvalue weighted by Gasteiger charge is -2.34. The minimum absolute atomic E-state index is 0.0420. The standard InChI is InChI=1S/C21H28N4O2S/c1-16-7-9-18(10-8-16)27-15-19(26)24-11-13-25(14-12-24)21-23-22-20(28-21)17-5-3-2-4-6-17/h7-10,17H,2-6,11-15H2,1H3. The highest BCUT2D eigenvalue weighted by atomic mass is 32.1. The molecule has 1 saturated heterocycles. The summed E-state index contributed by atoms with van der Waals surface area (Å²) in [5.74, 6) is 1.38. The maximum absolute atomic E-state index is 12.4. The van der Waals surface area contributed by atoms with E-state index in [1.807, 2.05) is 36.1 Å². The lowest BCUT2D eigenvalue weighted by molar-refractivity contribution is -0.133. The van der Waals surface area contributed by atoms with Gasteiger partial charge in [-0.1, -0.05) is 48.3 Å². The highest BCUT2D eigenvalue weighted by Gasteiger charge is 2.25. The summed E-state index contributed by atoms with van der Waals surface area (Å²) in [4.78, 5) is 16.6. The second-order valence-electron chi connectivity index (χ2n) is 7.73. The Kier molecular flexibility index (Phi) is 6.10. The summed E-state index contributed by atoms with van der Waals surface area (Å²) in [6.45, 7) is 5.13. The van der Waals surface area contributed by atoms with E-state index in [-0.39, 0.29) is 12.5 Å². The molecule has 150 valence electrons. The van der Waals surface area contributed by atoms with Crippen LogP contribution in [0.4, 0.5) is 5.13 Å². The zero-order valence-electron chi connectivity index (χ0n) is 16.5. The number of aryl methyl sites for hydroxylation is 1. The fourth-order valence-corrected chi connectivity index (χ4v) is 4.95. The van der Waals surface area contributed by atoms with Crippen molar-refractivity contribution in [2.24, 2.45) is 0 Å². The van der Waals surface area contributed by atoms with E-state index in [1.165, 1.54) is 42.7 Å². The van der Waals surface area contributed by atoms with Crippen LogP contribution < -0.4 is 9.64 Å². The van der Waals surface area contributed by atoms with E-state index in [1.54, 1.807) is 11.3 Å². The minimum atomic E-state index is 0.0420. The predicted octanol–water partition coefficient (Wildman–Crippen LogP) is 3.62. The van der Waals surface area contributed by atoms with E-state index >= 15 is 0 Å². The molecular formula is C21H28N4O2S. The zero-order chi connectivity index (χ0) is 19.3. The summed E-state index contributed by atoms with van der Waals surface area (Å²) < 4.78 is 5.63. The fourth-order valence-electron chi connectivity index (χ4n) is 3.89. The SMILES string of the molecule is Cc1ccc(OCC(=O)N2CCN(c3nnc(C4CCCCC4)s3)CC2)cc1. The molecule has 2 aromatic rings. The molecule has 0 unspecified atom stereocenters. The molecule has 1 aliphatic heterocycles. The van der Waals surface area contributed by atoms with Crippen molar-refractivity contribution in [3.05, 3.63) is 34.8 Å². The Bertz CT molecular complexity index is 778. The van der Waals surface area contributed by atoms with Crippen molar-refractivity contribution >= 4 is 22.4 Å². The molecule has 0 bridgehead atoms. The number of piperazine rings is 1. The van der Waals surface area contributed by atoms with Gasteiger partial charge in [-0.25, -0.2) is 0 Å². The summed E-state index contributed by atoms with van der Waals surface area (Å²) in [6.07, 6.45) is 6.47. The lowest BCUT2D eigenvalue weighted by atomic mass is 9.90. The van der Waals surface area contributed by atoms with Crippen LogP contribution in [0.1, 0.15) is 48.6 Å². The van der Waals surface area contributed by atoms with Crippen LogP contribution in [-0.4, -0.2) is 53.8 Å². The van der Waals surface area contributed by atoms with Crippen molar-refractivity contribution in [3.8, 4) is 5.75 Å². The molecule has 28 heavy (non-hydrogen) atoms. The Morgan fingerprint density at radius 3 is 2.50 bits per heavy atom. The molecule has 0 spiro atoms. The van der Waals surface area contributed by atoms with Crippen LogP contribution in [-0.2, 0) is 4.79 Å². The molecule has 7 heteroatoms. The van der Waals surface area contributed by atoms with Crippen molar-refractivity contribution in [1.82, 2.24) is 15.1 Å². The zero-order valence-corrected chi connectivity index (χ0v) is 17.3. The molecule has 6 nitrogen and oxygen atoms in total. The predicted molar refractivity (Wildman–Crippen MR) is 111 cm³/mol. The number of benzene rings is 1. The first-order valence-electron chi connectivity index (χ1n) is 10.2. The van der Waals surface area contributed by atoms with Gasteiger partial charge in [0.25, 0.3) is 5.91 Å². The van der Waals surface area contributed by atoms with Crippen molar-refractivity contribution < 1.29 is 9.53 Å². The van der Waals surface area contributed by atoms with Crippen LogP contribution in [0.5, 0.6) is 5.75 Å². The van der Waals surface area contributed by atoms with Crippen LogP contribution >= 0.6 is 11.3 Å². The second-order valence-corrected chi connectivity index (χ2v) is 8.71. The van der Waals surface area contributed by atoms with Crippen molar-refractivity contribution in [1.29, 1.82) is 0 Å². The first kappa shape index (κ1) is 19.2. The van der Waals surface area contributed by atoms with Gasteiger partial charge in [-0.2, -0.15) is 0 Å². The largest absolute Gasteiger partial charge is 0.484 e. The molecule has 1 aromatic heterocycles. The summed E-state index contributed by atoms with van der Waals surface area (Å²) in [5, 5.41) is 11.1. The Morgan fingerprint density at radius 1 is 1.07 bits per heavy atom. The summed E-state index contributed by atoms with van der Waals surface area (Å²) in [5.41, 5.74) is 1.18. The molecule has 1 saturated carbocycles. The number of hydrogen-bond acceptors (Lipinski definition) is 6. The number of anilines is 1. The normalized spacial score (nSPS) is 18.3. The number of nitrogens with zero attached hydrogens (tertiary/aromatic N) is 4. The van der Waals surface area contributed by atoms with Crippen molar-refractivity contribution in [2.75, 3.05) is 37.7 Å². The lowest BCUT2D eigenvalue weighted by Crippen LogP contribution is -2.50. The Labute approximate surface area is 170 Å². The molecule has 2 aliphatic rings. The van der Waals surface area contributed by atoms with E-state index < -0.39 is 0 Å². The first-order valence-corrected chi connectivity index (χ1v) is 11.1. The van der Waals surface area contributed by atoms with Gasteiger partial charge < -0.3 is 14.5 Å². The molecule has 1 aromatic carbocycles. The third kappa shape index (κ3) is 4.63. The van der Waals surface area contributed by atoms with E-state index in [0.29, 0.717) is 19.0 Å². The molecule has 4 rings (SSSR count). The number of aromatic nitrogens is 2. The Balaban J connectivity index is 1.25. The number of carbonyl (C=O) groups is 1. The second kappa shape index (κ2) is 8.90. The van der Waals surface area contributed by atoms with Crippen LogP contribution in [0.2, 0.25) is 0 Å². The summed E-state index contributed by atoms with van der Waals surface area (Å²) in [7, 11) is 0. The van der Waals surface area contributed by atoms with E-state index in [0.717, 1.165) is 24.0 Å². The van der Waals surface area contributed by atoms with Crippen LogP contribution in [0.3, 0.4) is 0 Å². The topological polar surface area (TPSA) is 58.6 Å². The number of carbonyl (C=O) groups excluding carboxylic acids is 1. The molecule has 0 N–H and O–H groups in total. The maximum Gasteiger partial charge on any atom is 0.260 e. The molecule has 1 amide bonds. The number of ether oxygens (including phenoxy) is 1. The van der Waals surface area contributed by atoms with Crippen molar-refractivity contribution in [2.45, 2.75) is 44.9 Å². The molecule has 0 radical (unpaired) electrons. The summed E-state index contributed by atoms with van der Waals surface area (Å²) in [6, 6.07) is 7.78. The first-order chi connectivity index (χ1) is 13.7. The highest BCUT2D eigenvalue weighted by molar-refractivity contribution is 7.15. The van der Waals surface area contributed by atoms with Gasteiger partial charge in [0.05, 0.1) is 0 Å². The van der Waals surface area contributed by atoms with E-state index in [9.17, 15) is 4.79 Å². The minimum Gasteiger partial charge on any atom is -0.484 e. The van der Waals surface area contributed by atoms with Gasteiger partial charge in [-0.05, 0) is 31.9 Å². The quantitative estimate of drug-likeness (QED) is 0.767. The Hall–Kier alpha value is -2.15. The van der Waals surface area contributed by atoms with Gasteiger partial charge in [0, 0.05) is 32.1 Å². The van der Waals surface area contributed by atoms with Gasteiger partial charge >= 0.3 is 0 Å². The smallest absolute Gasteiger partial charge is 0.260 e. The number of amides is 1. The van der Waals surface area contributed by atoms with Crippen LogP contribution in [0.15, 0.2) is 24.3 Å². The van der Waals surface area contributed by atoms with Crippen LogP contribution in [0.25, 0.3) is 0 Å². The molecule has 0 atom stereocenters. The molecule has 2 heterocycles. The van der Waals surface area contributed by atoms with E-state index in [4.69, 9.17) is 4.74 Å². The monoisotopic (exact) mass is 400 g/mol. The number of hydrogen-bond donors (Lipinski definition) is 0. The average Bonchev–Trinajstić information content (AvgIpc) is 3.24.